The first-order valence-electron chi connectivity index (χ1n) is 6.46. The molecule has 0 aliphatic heterocycles. The van der Waals surface area contributed by atoms with E-state index in [1.165, 1.54) is 12.0 Å². The molecule has 100 valence electrons. The second-order valence-electron chi connectivity index (χ2n) is 4.17. The van der Waals surface area contributed by atoms with E-state index in [1.807, 2.05) is 12.1 Å². The number of nitrogens with one attached hydrogen (secondary N) is 1. The van der Waals surface area contributed by atoms with Gasteiger partial charge in [0.25, 0.3) is 0 Å². The van der Waals surface area contributed by atoms with Crippen molar-refractivity contribution in [2.75, 3.05) is 20.2 Å². The largest absolute Gasteiger partial charge is 0.496 e. The molecule has 1 N–H and O–H groups in total. The van der Waals surface area contributed by atoms with Gasteiger partial charge in [0.1, 0.15) is 5.75 Å². The van der Waals surface area contributed by atoms with Gasteiger partial charge in [-0.05, 0) is 56.1 Å². The molecule has 0 unspecified atom stereocenters. The lowest BCUT2D eigenvalue weighted by Crippen LogP contribution is -2.15. The highest BCUT2D eigenvalue weighted by molar-refractivity contribution is 9.10. The number of halogens is 1. The molecular weight excluding hydrogens is 290 g/mol. The van der Waals surface area contributed by atoms with Crippen LogP contribution in [0, 0.1) is 0 Å². The molecule has 0 fully saturated rings. The van der Waals surface area contributed by atoms with Crippen LogP contribution in [-0.4, -0.2) is 20.2 Å². The molecule has 2 nitrogen and oxygen atoms in total. The summed E-state index contributed by atoms with van der Waals surface area (Å²) in [6.45, 7) is 4.34. The Hall–Kier alpha value is -0.800. The normalized spacial score (nSPS) is 11.1. The van der Waals surface area contributed by atoms with Crippen molar-refractivity contribution >= 4 is 15.9 Å². The SMILES string of the molecule is CCCNCCC=CCc1cc(Br)ccc1OC. The fourth-order valence-electron chi connectivity index (χ4n) is 1.72. The van der Waals surface area contributed by atoms with Crippen LogP contribution in [0.15, 0.2) is 34.8 Å². The lowest BCUT2D eigenvalue weighted by atomic mass is 10.1. The van der Waals surface area contributed by atoms with Gasteiger partial charge in [-0.25, -0.2) is 0 Å². The highest BCUT2D eigenvalue weighted by atomic mass is 79.9. The summed E-state index contributed by atoms with van der Waals surface area (Å²) in [5.74, 6) is 0.951. The summed E-state index contributed by atoms with van der Waals surface area (Å²) in [4.78, 5) is 0. The standard InChI is InChI=1S/C15H22BrNO/c1-3-10-17-11-6-4-5-7-13-12-14(16)8-9-15(13)18-2/h4-5,8-9,12,17H,3,6-7,10-11H2,1-2H3. The summed E-state index contributed by atoms with van der Waals surface area (Å²) in [5, 5.41) is 3.38. The molecule has 0 aliphatic rings. The highest BCUT2D eigenvalue weighted by Gasteiger charge is 2.01. The number of hydrogen-bond donors (Lipinski definition) is 1. The quantitative estimate of drug-likeness (QED) is 0.580. The van der Waals surface area contributed by atoms with E-state index in [9.17, 15) is 0 Å². The number of hydrogen-bond acceptors (Lipinski definition) is 2. The lowest BCUT2D eigenvalue weighted by Gasteiger charge is -2.06. The Morgan fingerprint density at radius 2 is 2.11 bits per heavy atom. The first-order chi connectivity index (χ1) is 8.77. The fourth-order valence-corrected chi connectivity index (χ4v) is 2.13. The van der Waals surface area contributed by atoms with Crippen LogP contribution in [0.1, 0.15) is 25.3 Å². The molecule has 3 heteroatoms. The molecule has 0 amide bonds. The second-order valence-corrected chi connectivity index (χ2v) is 5.09. The Labute approximate surface area is 119 Å². The van der Waals surface area contributed by atoms with E-state index in [-0.39, 0.29) is 0 Å². The molecule has 0 aliphatic carbocycles. The zero-order valence-corrected chi connectivity index (χ0v) is 12.8. The monoisotopic (exact) mass is 311 g/mol. The van der Waals surface area contributed by atoms with E-state index in [0.29, 0.717) is 0 Å². The summed E-state index contributed by atoms with van der Waals surface area (Å²) in [7, 11) is 1.71. The minimum Gasteiger partial charge on any atom is -0.496 e. The van der Waals surface area contributed by atoms with E-state index < -0.39 is 0 Å². The maximum Gasteiger partial charge on any atom is 0.122 e. The van der Waals surface area contributed by atoms with Gasteiger partial charge in [0.2, 0.25) is 0 Å². The molecule has 0 radical (unpaired) electrons. The van der Waals surface area contributed by atoms with Crippen LogP contribution < -0.4 is 10.1 Å². The Morgan fingerprint density at radius 3 is 2.83 bits per heavy atom. The third kappa shape index (κ3) is 5.69. The van der Waals surface area contributed by atoms with Crippen molar-refractivity contribution in [3.63, 3.8) is 0 Å². The number of rotatable bonds is 8. The molecule has 0 saturated heterocycles. The van der Waals surface area contributed by atoms with Crippen molar-refractivity contribution in [2.24, 2.45) is 0 Å². The summed E-state index contributed by atoms with van der Waals surface area (Å²) >= 11 is 3.49. The predicted octanol–water partition coefficient (Wildman–Crippen LogP) is 3.95. The Morgan fingerprint density at radius 1 is 1.28 bits per heavy atom. The van der Waals surface area contributed by atoms with E-state index in [4.69, 9.17) is 4.74 Å². The predicted molar refractivity (Wildman–Crippen MR) is 81.3 cm³/mol. The molecule has 0 atom stereocenters. The van der Waals surface area contributed by atoms with E-state index in [0.717, 1.165) is 36.2 Å². The molecule has 1 aromatic carbocycles. The van der Waals surface area contributed by atoms with Crippen LogP contribution in [0.5, 0.6) is 5.75 Å². The van der Waals surface area contributed by atoms with Crippen molar-refractivity contribution in [1.29, 1.82) is 0 Å². The molecule has 0 bridgehead atoms. The van der Waals surface area contributed by atoms with Gasteiger partial charge in [-0.3, -0.25) is 0 Å². The molecule has 1 aromatic rings. The van der Waals surface area contributed by atoms with Crippen LogP contribution in [0.3, 0.4) is 0 Å². The van der Waals surface area contributed by atoms with E-state index in [1.54, 1.807) is 7.11 Å². The third-order valence-electron chi connectivity index (χ3n) is 2.66. The smallest absolute Gasteiger partial charge is 0.122 e. The summed E-state index contributed by atoms with van der Waals surface area (Å²) in [6.07, 6.45) is 7.62. The van der Waals surface area contributed by atoms with E-state index >= 15 is 0 Å². The summed E-state index contributed by atoms with van der Waals surface area (Å²) < 4.78 is 6.44. The zero-order chi connectivity index (χ0) is 13.2. The summed E-state index contributed by atoms with van der Waals surface area (Å²) in [6, 6.07) is 6.11. The first kappa shape index (κ1) is 15.3. The van der Waals surface area contributed by atoms with Crippen molar-refractivity contribution in [1.82, 2.24) is 5.32 Å². The van der Waals surface area contributed by atoms with Crippen molar-refractivity contribution in [3.05, 3.63) is 40.4 Å². The van der Waals surface area contributed by atoms with Crippen LogP contribution in [0.4, 0.5) is 0 Å². The highest BCUT2D eigenvalue weighted by Crippen LogP contribution is 2.23. The van der Waals surface area contributed by atoms with Gasteiger partial charge >= 0.3 is 0 Å². The number of methoxy groups -OCH3 is 1. The topological polar surface area (TPSA) is 21.3 Å². The van der Waals surface area contributed by atoms with Crippen LogP contribution in [0.2, 0.25) is 0 Å². The van der Waals surface area contributed by atoms with Crippen LogP contribution in [-0.2, 0) is 6.42 Å². The molecule has 0 heterocycles. The Bertz CT molecular complexity index is 377. The molecule has 0 aromatic heterocycles. The molecule has 18 heavy (non-hydrogen) atoms. The average Bonchev–Trinajstić information content (AvgIpc) is 2.38. The number of ether oxygens (including phenoxy) is 1. The van der Waals surface area contributed by atoms with Crippen molar-refractivity contribution < 1.29 is 4.74 Å². The minimum absolute atomic E-state index is 0.913. The average molecular weight is 312 g/mol. The number of benzene rings is 1. The molecule has 0 spiro atoms. The maximum absolute atomic E-state index is 5.34. The Balaban J connectivity index is 2.38. The van der Waals surface area contributed by atoms with Gasteiger partial charge in [0, 0.05) is 4.47 Å². The molecular formula is C15H22BrNO. The van der Waals surface area contributed by atoms with Crippen molar-refractivity contribution in [2.45, 2.75) is 26.2 Å². The van der Waals surface area contributed by atoms with Gasteiger partial charge in [0.05, 0.1) is 7.11 Å². The third-order valence-corrected chi connectivity index (χ3v) is 3.15. The van der Waals surface area contributed by atoms with E-state index in [2.05, 4.69) is 46.4 Å². The molecule has 0 saturated carbocycles. The van der Waals surface area contributed by atoms with Crippen LogP contribution in [0.25, 0.3) is 0 Å². The van der Waals surface area contributed by atoms with Crippen molar-refractivity contribution in [3.8, 4) is 5.75 Å². The fraction of sp³-hybridized carbons (Fsp3) is 0.467. The Kier molecular flexibility index (Phi) is 7.78. The van der Waals surface area contributed by atoms with Gasteiger partial charge in [0.15, 0.2) is 0 Å². The second kappa shape index (κ2) is 9.17. The maximum atomic E-state index is 5.34. The van der Waals surface area contributed by atoms with Gasteiger partial charge in [-0.2, -0.15) is 0 Å². The lowest BCUT2D eigenvalue weighted by molar-refractivity contribution is 0.410. The zero-order valence-electron chi connectivity index (χ0n) is 11.2. The molecule has 1 rings (SSSR count). The number of allylic oxidation sites excluding steroid dienone is 1. The minimum atomic E-state index is 0.913. The van der Waals surface area contributed by atoms with Crippen LogP contribution >= 0.6 is 15.9 Å². The summed E-state index contributed by atoms with van der Waals surface area (Å²) in [5.41, 5.74) is 1.21. The van der Waals surface area contributed by atoms with Gasteiger partial charge < -0.3 is 10.1 Å². The first-order valence-corrected chi connectivity index (χ1v) is 7.25. The van der Waals surface area contributed by atoms with Gasteiger partial charge in [-0.1, -0.05) is 35.0 Å². The van der Waals surface area contributed by atoms with Gasteiger partial charge in [-0.15, -0.1) is 0 Å².